The van der Waals surface area contributed by atoms with Gasteiger partial charge in [0.15, 0.2) is 11.5 Å². The number of amides is 2. The summed E-state index contributed by atoms with van der Waals surface area (Å²) in [4.78, 5) is 70.6. The number of carboxylic acid groups (broad SMARTS) is 1. The molecule has 15 nitrogen and oxygen atoms in total. The highest BCUT2D eigenvalue weighted by Crippen LogP contribution is 2.25. The summed E-state index contributed by atoms with van der Waals surface area (Å²) in [6.45, 7) is 0.574. The van der Waals surface area contributed by atoms with Gasteiger partial charge >= 0.3 is 11.9 Å². The molecule has 0 radical (unpaired) electrons. The van der Waals surface area contributed by atoms with Crippen molar-refractivity contribution in [3.05, 3.63) is 40.2 Å². The van der Waals surface area contributed by atoms with Crippen molar-refractivity contribution in [2.75, 3.05) is 34.4 Å². The van der Waals surface area contributed by atoms with Crippen LogP contribution < -0.4 is 38.0 Å². The standard InChI is InChI=1S/C20H24N8O7/c21-20-26-16-15(18(33)27-20)28(9-29)12(8-24-16)7-23-11-3-1-10(2-4-11)17(32)25-13(19(34)35-22)5-6-14(30)31/h1-4,9,12-13,23H,5-8,22H2,(H,25,32)(H,30,31)(H4,21,24,26,27,33)/t12-,13?/m0/s1. The van der Waals surface area contributed by atoms with Gasteiger partial charge < -0.3 is 36.5 Å². The van der Waals surface area contributed by atoms with Crippen LogP contribution in [-0.2, 0) is 19.2 Å². The zero-order chi connectivity index (χ0) is 25.5. The third-order valence-corrected chi connectivity index (χ3v) is 5.23. The van der Waals surface area contributed by atoms with E-state index in [2.05, 4.69) is 30.8 Å². The molecule has 35 heavy (non-hydrogen) atoms. The molecule has 0 aliphatic carbocycles. The number of benzene rings is 1. The van der Waals surface area contributed by atoms with Crippen LogP contribution in [0, 0.1) is 0 Å². The number of hydrogen-bond donors (Lipinski definition) is 7. The second-order valence-corrected chi connectivity index (χ2v) is 7.55. The van der Waals surface area contributed by atoms with Gasteiger partial charge in [0.05, 0.1) is 6.04 Å². The maximum atomic E-state index is 12.5. The van der Waals surface area contributed by atoms with E-state index in [1.807, 2.05) is 0 Å². The number of nitrogens with one attached hydrogen (secondary N) is 4. The first-order valence-electron chi connectivity index (χ1n) is 10.4. The second-order valence-electron chi connectivity index (χ2n) is 7.55. The summed E-state index contributed by atoms with van der Waals surface area (Å²) in [6.07, 6.45) is -0.0102. The smallest absolute Gasteiger partial charge is 0.347 e. The minimum absolute atomic E-state index is 0.0627. The Balaban J connectivity index is 1.62. The number of nitrogens with zero attached hydrogens (tertiary/aromatic N) is 2. The number of carbonyl (C=O) groups is 4. The van der Waals surface area contributed by atoms with E-state index < -0.39 is 35.5 Å². The van der Waals surface area contributed by atoms with Gasteiger partial charge in [0.2, 0.25) is 12.4 Å². The summed E-state index contributed by atoms with van der Waals surface area (Å²) in [5.41, 5.74) is 5.88. The predicted molar refractivity (Wildman–Crippen MR) is 123 cm³/mol. The van der Waals surface area contributed by atoms with E-state index in [0.29, 0.717) is 18.6 Å². The molecule has 1 aromatic carbocycles. The van der Waals surface area contributed by atoms with E-state index in [1.54, 1.807) is 12.1 Å². The largest absolute Gasteiger partial charge is 0.481 e. The number of nitrogen functional groups attached to an aromatic ring is 1. The topological polar surface area (TPSA) is 235 Å². The fourth-order valence-corrected chi connectivity index (χ4v) is 3.47. The maximum absolute atomic E-state index is 12.5. The molecule has 1 aromatic heterocycles. The second kappa shape index (κ2) is 11.0. The van der Waals surface area contributed by atoms with E-state index in [4.69, 9.17) is 16.7 Å². The zero-order valence-corrected chi connectivity index (χ0v) is 18.3. The molecule has 1 aliphatic heterocycles. The fourth-order valence-electron chi connectivity index (χ4n) is 3.47. The number of carbonyl (C=O) groups excluding carboxylic acids is 3. The van der Waals surface area contributed by atoms with Crippen molar-refractivity contribution in [1.82, 2.24) is 15.3 Å². The summed E-state index contributed by atoms with van der Waals surface area (Å²) >= 11 is 0. The molecule has 2 atom stereocenters. The van der Waals surface area contributed by atoms with Gasteiger partial charge in [0.25, 0.3) is 11.5 Å². The minimum Gasteiger partial charge on any atom is -0.481 e. The Labute approximate surface area is 197 Å². The Morgan fingerprint density at radius 1 is 1.31 bits per heavy atom. The fraction of sp³-hybridized carbons (Fsp3) is 0.300. The van der Waals surface area contributed by atoms with E-state index in [0.717, 1.165) is 0 Å². The van der Waals surface area contributed by atoms with Crippen LogP contribution in [0.5, 0.6) is 0 Å². The Kier molecular flexibility index (Phi) is 7.83. The lowest BCUT2D eigenvalue weighted by atomic mass is 10.1. The quantitative estimate of drug-likeness (QED) is 0.151. The lowest BCUT2D eigenvalue weighted by molar-refractivity contribution is -0.147. The summed E-state index contributed by atoms with van der Waals surface area (Å²) in [7, 11) is 0. The van der Waals surface area contributed by atoms with Crippen molar-refractivity contribution in [2.45, 2.75) is 24.9 Å². The van der Waals surface area contributed by atoms with Crippen molar-refractivity contribution >= 4 is 47.4 Å². The minimum atomic E-state index is -1.22. The Hall–Kier alpha value is -4.66. The van der Waals surface area contributed by atoms with Crippen LogP contribution in [0.1, 0.15) is 23.2 Å². The molecule has 2 amide bonds. The van der Waals surface area contributed by atoms with Crippen LogP contribution in [0.15, 0.2) is 29.1 Å². The Bertz CT molecular complexity index is 1170. The molecule has 2 heterocycles. The maximum Gasteiger partial charge on any atom is 0.347 e. The molecular formula is C20H24N8O7. The van der Waals surface area contributed by atoms with Crippen molar-refractivity contribution in [3.8, 4) is 0 Å². The lowest BCUT2D eigenvalue weighted by Gasteiger charge is -2.34. The van der Waals surface area contributed by atoms with Crippen LogP contribution in [0.2, 0.25) is 0 Å². The summed E-state index contributed by atoms with van der Waals surface area (Å²) in [5, 5.41) is 17.3. The number of rotatable bonds is 10. The Morgan fingerprint density at radius 2 is 2.03 bits per heavy atom. The predicted octanol–water partition coefficient (Wildman–Crippen LogP) is -1.40. The van der Waals surface area contributed by atoms with Crippen LogP contribution in [-0.4, -0.2) is 64.5 Å². The number of H-pyrrole nitrogens is 1. The molecule has 1 aliphatic rings. The molecule has 0 saturated heterocycles. The Morgan fingerprint density at radius 3 is 2.66 bits per heavy atom. The van der Waals surface area contributed by atoms with Gasteiger partial charge in [-0.3, -0.25) is 24.2 Å². The third kappa shape index (κ3) is 6.02. The van der Waals surface area contributed by atoms with Gasteiger partial charge in [-0.15, -0.1) is 0 Å². The van der Waals surface area contributed by atoms with Gasteiger partial charge in [0, 0.05) is 30.8 Å². The van der Waals surface area contributed by atoms with Gasteiger partial charge in [-0.2, -0.15) is 10.9 Å². The molecule has 2 aromatic rings. The average molecular weight is 488 g/mol. The average Bonchev–Trinajstić information content (AvgIpc) is 2.84. The molecule has 0 bridgehead atoms. The number of aliphatic carboxylic acids is 1. The van der Waals surface area contributed by atoms with Gasteiger partial charge in [-0.1, -0.05) is 0 Å². The van der Waals surface area contributed by atoms with Crippen LogP contribution in [0.4, 0.5) is 23.1 Å². The van der Waals surface area contributed by atoms with E-state index in [9.17, 15) is 24.0 Å². The SMILES string of the molecule is NOC(=O)C(CCC(=O)O)NC(=O)c1ccc(NC[C@H]2CNc3nc(N)[nH]c(=O)c3N2C=O)cc1. The lowest BCUT2D eigenvalue weighted by Crippen LogP contribution is -2.50. The van der Waals surface area contributed by atoms with Gasteiger partial charge in [-0.05, 0) is 30.7 Å². The first kappa shape index (κ1) is 25.0. The van der Waals surface area contributed by atoms with Crippen LogP contribution in [0.3, 0.4) is 0 Å². The number of carboxylic acids is 1. The summed E-state index contributed by atoms with van der Waals surface area (Å²) in [6, 6.07) is 4.54. The highest BCUT2D eigenvalue weighted by atomic mass is 16.7. The molecule has 0 fully saturated rings. The normalized spacial score (nSPS) is 15.2. The molecule has 15 heteroatoms. The number of fused-ring (bicyclic) bond motifs is 1. The first-order valence-corrected chi connectivity index (χ1v) is 10.4. The van der Waals surface area contributed by atoms with Crippen molar-refractivity contribution in [1.29, 1.82) is 0 Å². The van der Waals surface area contributed by atoms with Crippen molar-refractivity contribution < 1.29 is 29.1 Å². The number of hydrogen-bond acceptors (Lipinski definition) is 11. The van der Waals surface area contributed by atoms with Gasteiger partial charge in [0.1, 0.15) is 6.04 Å². The molecule has 1 unspecified atom stereocenters. The van der Waals surface area contributed by atoms with E-state index >= 15 is 0 Å². The van der Waals surface area contributed by atoms with Crippen molar-refractivity contribution in [3.63, 3.8) is 0 Å². The number of nitrogens with two attached hydrogens (primary N) is 2. The molecule has 186 valence electrons. The van der Waals surface area contributed by atoms with Crippen LogP contribution in [0.25, 0.3) is 0 Å². The molecular weight excluding hydrogens is 464 g/mol. The van der Waals surface area contributed by atoms with Crippen molar-refractivity contribution in [2.24, 2.45) is 5.90 Å². The highest BCUT2D eigenvalue weighted by molar-refractivity contribution is 5.97. The molecule has 3 rings (SSSR count). The molecule has 0 saturated carbocycles. The summed E-state index contributed by atoms with van der Waals surface area (Å²) < 4.78 is 0. The highest BCUT2D eigenvalue weighted by Gasteiger charge is 2.30. The number of aromatic amines is 1. The molecule has 9 N–H and O–H groups in total. The number of anilines is 4. The monoisotopic (exact) mass is 488 g/mol. The van der Waals surface area contributed by atoms with Crippen LogP contribution >= 0.6 is 0 Å². The molecule has 0 spiro atoms. The first-order chi connectivity index (χ1) is 16.7. The van der Waals surface area contributed by atoms with E-state index in [-0.39, 0.29) is 42.4 Å². The summed E-state index contributed by atoms with van der Waals surface area (Å²) in [5.74, 6) is 2.28. The van der Waals surface area contributed by atoms with E-state index in [1.165, 1.54) is 17.0 Å². The number of aromatic nitrogens is 2. The zero-order valence-electron chi connectivity index (χ0n) is 18.3. The third-order valence-electron chi connectivity index (χ3n) is 5.23. The van der Waals surface area contributed by atoms with Gasteiger partial charge in [-0.25, -0.2) is 4.79 Å².